The summed E-state index contributed by atoms with van der Waals surface area (Å²) in [6.45, 7) is 0. The number of hydrogen-bond donors (Lipinski definition) is 1. The van der Waals surface area contributed by atoms with Crippen LogP contribution < -0.4 is 0 Å². The fraction of sp³-hybridized carbons (Fsp3) is 0.273. The van der Waals surface area contributed by atoms with Gasteiger partial charge in [-0.25, -0.2) is 0 Å². The maximum Gasteiger partial charge on any atom is 0.132 e. The van der Waals surface area contributed by atoms with Crippen LogP contribution in [0.5, 0.6) is 0 Å². The van der Waals surface area contributed by atoms with Gasteiger partial charge in [0, 0.05) is 5.92 Å². The summed E-state index contributed by atoms with van der Waals surface area (Å²) >= 11 is 0. The lowest BCUT2D eigenvalue weighted by molar-refractivity contribution is 0.107. The van der Waals surface area contributed by atoms with Crippen LogP contribution in [-0.2, 0) is 0 Å². The first-order chi connectivity index (χ1) is 6.38. The van der Waals surface area contributed by atoms with Crippen molar-refractivity contribution in [1.29, 1.82) is 0 Å². The van der Waals surface area contributed by atoms with Gasteiger partial charge in [-0.15, -0.1) is 0 Å². The molecular weight excluding hydrogens is 164 g/mol. The third kappa shape index (κ3) is 1.73. The number of hydrogen-bond acceptors (Lipinski definition) is 2. The lowest BCUT2D eigenvalue weighted by Crippen LogP contribution is -2.09. The Hall–Kier alpha value is -1.28. The van der Waals surface area contributed by atoms with Crippen molar-refractivity contribution in [1.82, 2.24) is 0 Å². The molecule has 0 radical (unpaired) electrons. The topological polar surface area (TPSA) is 33.4 Å². The molecule has 0 aromatic carbocycles. The molecule has 2 rings (SSSR count). The van der Waals surface area contributed by atoms with E-state index >= 15 is 0 Å². The summed E-state index contributed by atoms with van der Waals surface area (Å²) in [5.41, 5.74) is 0. The lowest BCUT2D eigenvalue weighted by atomic mass is 9.93. The van der Waals surface area contributed by atoms with E-state index in [0.29, 0.717) is 5.76 Å². The van der Waals surface area contributed by atoms with Gasteiger partial charge in [0.25, 0.3) is 0 Å². The number of rotatable bonds is 2. The van der Waals surface area contributed by atoms with Gasteiger partial charge in [-0.05, 0) is 18.6 Å². The van der Waals surface area contributed by atoms with Gasteiger partial charge in [0.05, 0.1) is 6.26 Å². The monoisotopic (exact) mass is 176 g/mol. The van der Waals surface area contributed by atoms with Crippen molar-refractivity contribution in [3.05, 3.63) is 48.5 Å². The van der Waals surface area contributed by atoms with Crippen LogP contribution in [0.4, 0.5) is 0 Å². The highest BCUT2D eigenvalue weighted by atomic mass is 16.4. The molecule has 2 nitrogen and oxygen atoms in total. The number of aliphatic hydroxyl groups excluding tert-OH is 1. The zero-order chi connectivity index (χ0) is 9.10. The molecule has 0 amide bonds. The van der Waals surface area contributed by atoms with Crippen LogP contribution in [0.3, 0.4) is 0 Å². The lowest BCUT2D eigenvalue weighted by Gasteiger charge is -2.17. The molecule has 0 spiro atoms. The minimum absolute atomic E-state index is 0.149. The quantitative estimate of drug-likeness (QED) is 0.750. The van der Waals surface area contributed by atoms with E-state index in [0.717, 1.165) is 6.42 Å². The van der Waals surface area contributed by atoms with E-state index in [2.05, 4.69) is 6.08 Å². The van der Waals surface area contributed by atoms with Crippen molar-refractivity contribution in [3.63, 3.8) is 0 Å². The molecule has 0 bridgehead atoms. The van der Waals surface area contributed by atoms with E-state index in [9.17, 15) is 5.11 Å². The van der Waals surface area contributed by atoms with Crippen LogP contribution in [0.15, 0.2) is 47.1 Å². The van der Waals surface area contributed by atoms with Crippen molar-refractivity contribution in [2.75, 3.05) is 0 Å². The molecular formula is C11H12O2. The zero-order valence-electron chi connectivity index (χ0n) is 7.26. The Bertz CT molecular complexity index is 309. The molecule has 0 aliphatic heterocycles. The summed E-state index contributed by atoms with van der Waals surface area (Å²) in [4.78, 5) is 0. The minimum Gasteiger partial charge on any atom is -0.467 e. The molecule has 0 fully saturated rings. The summed E-state index contributed by atoms with van der Waals surface area (Å²) in [5, 5.41) is 9.86. The Balaban J connectivity index is 2.09. The SMILES string of the molecule is O[C@H](c1ccco1)[C@H]1C=CC=CC1. The highest BCUT2D eigenvalue weighted by molar-refractivity contribution is 5.15. The highest BCUT2D eigenvalue weighted by Gasteiger charge is 2.20. The molecule has 68 valence electrons. The van der Waals surface area contributed by atoms with E-state index in [1.807, 2.05) is 18.2 Å². The number of aliphatic hydroxyl groups is 1. The molecule has 1 aromatic heterocycles. The van der Waals surface area contributed by atoms with Crippen LogP contribution in [0.1, 0.15) is 18.3 Å². The van der Waals surface area contributed by atoms with Gasteiger partial charge in [-0.3, -0.25) is 0 Å². The maximum atomic E-state index is 9.86. The molecule has 2 atom stereocenters. The summed E-state index contributed by atoms with van der Waals surface area (Å²) in [5.74, 6) is 0.793. The Kier molecular flexibility index (Phi) is 2.32. The smallest absolute Gasteiger partial charge is 0.132 e. The third-order valence-electron chi connectivity index (χ3n) is 2.25. The molecule has 13 heavy (non-hydrogen) atoms. The highest BCUT2D eigenvalue weighted by Crippen LogP contribution is 2.27. The van der Waals surface area contributed by atoms with Gasteiger partial charge in [0.1, 0.15) is 11.9 Å². The molecule has 1 aliphatic carbocycles. The molecule has 0 unspecified atom stereocenters. The normalized spacial score (nSPS) is 23.3. The van der Waals surface area contributed by atoms with Crippen LogP contribution in [-0.4, -0.2) is 5.11 Å². The van der Waals surface area contributed by atoms with Crippen molar-refractivity contribution in [2.45, 2.75) is 12.5 Å². The fourth-order valence-electron chi connectivity index (χ4n) is 1.50. The van der Waals surface area contributed by atoms with E-state index in [1.165, 1.54) is 0 Å². The van der Waals surface area contributed by atoms with E-state index in [-0.39, 0.29) is 5.92 Å². The standard InChI is InChI=1S/C11H12O2/c12-11(10-7-4-8-13-10)9-5-2-1-3-6-9/h1-5,7-9,11-12H,6H2/t9-,11-/m0/s1. The molecule has 0 saturated heterocycles. The number of allylic oxidation sites excluding steroid dienone is 3. The molecule has 1 heterocycles. The summed E-state index contributed by atoms with van der Waals surface area (Å²) in [6.07, 6.45) is 9.95. The zero-order valence-corrected chi connectivity index (χ0v) is 7.26. The molecule has 1 aromatic rings. The first-order valence-corrected chi connectivity index (χ1v) is 4.43. The van der Waals surface area contributed by atoms with Gasteiger partial charge in [-0.2, -0.15) is 0 Å². The Morgan fingerprint density at radius 3 is 3.00 bits per heavy atom. The predicted octanol–water partition coefficient (Wildman–Crippen LogP) is 2.45. The Morgan fingerprint density at radius 2 is 2.38 bits per heavy atom. The Morgan fingerprint density at radius 1 is 1.46 bits per heavy atom. The minimum atomic E-state index is -0.517. The first kappa shape index (κ1) is 8.32. The second-order valence-corrected chi connectivity index (χ2v) is 3.17. The van der Waals surface area contributed by atoms with E-state index < -0.39 is 6.10 Å². The second-order valence-electron chi connectivity index (χ2n) is 3.17. The summed E-state index contributed by atoms with van der Waals surface area (Å²) in [6, 6.07) is 3.60. The van der Waals surface area contributed by atoms with Gasteiger partial charge >= 0.3 is 0 Å². The molecule has 0 saturated carbocycles. The van der Waals surface area contributed by atoms with E-state index in [4.69, 9.17) is 4.42 Å². The van der Waals surface area contributed by atoms with Crippen molar-refractivity contribution in [3.8, 4) is 0 Å². The van der Waals surface area contributed by atoms with Crippen LogP contribution in [0.25, 0.3) is 0 Å². The van der Waals surface area contributed by atoms with Gasteiger partial charge in [0.2, 0.25) is 0 Å². The second kappa shape index (κ2) is 3.62. The summed E-state index contributed by atoms with van der Waals surface area (Å²) < 4.78 is 5.14. The van der Waals surface area contributed by atoms with Crippen LogP contribution in [0, 0.1) is 5.92 Å². The average molecular weight is 176 g/mol. The summed E-state index contributed by atoms with van der Waals surface area (Å²) in [7, 11) is 0. The Labute approximate surface area is 77.2 Å². The molecule has 1 aliphatic rings. The van der Waals surface area contributed by atoms with Crippen molar-refractivity contribution >= 4 is 0 Å². The average Bonchev–Trinajstić information content (AvgIpc) is 2.71. The first-order valence-electron chi connectivity index (χ1n) is 4.43. The van der Waals surface area contributed by atoms with Gasteiger partial charge < -0.3 is 9.52 Å². The van der Waals surface area contributed by atoms with Crippen molar-refractivity contribution < 1.29 is 9.52 Å². The van der Waals surface area contributed by atoms with E-state index in [1.54, 1.807) is 18.4 Å². The number of furan rings is 1. The van der Waals surface area contributed by atoms with Gasteiger partial charge in [-0.1, -0.05) is 24.3 Å². The third-order valence-corrected chi connectivity index (χ3v) is 2.25. The maximum absolute atomic E-state index is 9.86. The van der Waals surface area contributed by atoms with Crippen molar-refractivity contribution in [2.24, 2.45) is 5.92 Å². The largest absolute Gasteiger partial charge is 0.467 e. The predicted molar refractivity (Wildman–Crippen MR) is 50.1 cm³/mol. The van der Waals surface area contributed by atoms with Crippen LogP contribution in [0.2, 0.25) is 0 Å². The molecule has 2 heteroatoms. The molecule has 1 N–H and O–H groups in total. The fourth-order valence-corrected chi connectivity index (χ4v) is 1.50. The van der Waals surface area contributed by atoms with Gasteiger partial charge in [0.15, 0.2) is 0 Å². The van der Waals surface area contributed by atoms with Crippen LogP contribution >= 0.6 is 0 Å².